The summed E-state index contributed by atoms with van der Waals surface area (Å²) in [5.41, 5.74) is 13.6. The lowest BCUT2D eigenvalue weighted by atomic mass is 10.1. The van der Waals surface area contributed by atoms with Crippen LogP contribution in [0.4, 0.5) is 11.5 Å². The van der Waals surface area contributed by atoms with Crippen LogP contribution in [0.1, 0.15) is 11.1 Å². The van der Waals surface area contributed by atoms with Crippen LogP contribution in [0.25, 0.3) is 6.08 Å². The molecule has 1 heterocycles. The Morgan fingerprint density at radius 2 is 2.18 bits per heavy atom. The van der Waals surface area contributed by atoms with Crippen LogP contribution in [0.3, 0.4) is 0 Å². The molecule has 0 bridgehead atoms. The minimum absolute atomic E-state index is 0.478. The van der Waals surface area contributed by atoms with Gasteiger partial charge < -0.3 is 11.5 Å². The molecule has 1 aromatic rings. The highest BCUT2D eigenvalue weighted by atomic mass is 14.8. The van der Waals surface area contributed by atoms with Gasteiger partial charge in [-0.3, -0.25) is 0 Å². The van der Waals surface area contributed by atoms with Crippen LogP contribution in [0.5, 0.6) is 0 Å². The van der Waals surface area contributed by atoms with E-state index < -0.39 is 0 Å². The summed E-state index contributed by atoms with van der Waals surface area (Å²) in [6.07, 6.45) is 3.21. The van der Waals surface area contributed by atoms with Crippen LogP contribution in [-0.4, -0.2) is 4.98 Å². The Kier molecular flexibility index (Phi) is 1.81. The molecule has 3 heteroatoms. The summed E-state index contributed by atoms with van der Waals surface area (Å²) in [6.45, 7) is 5.51. The molecule has 0 radical (unpaired) electrons. The molecule has 11 heavy (non-hydrogen) atoms. The van der Waals surface area contributed by atoms with E-state index in [1.165, 1.54) is 0 Å². The van der Waals surface area contributed by atoms with E-state index in [-0.39, 0.29) is 0 Å². The van der Waals surface area contributed by atoms with Crippen molar-refractivity contribution < 1.29 is 0 Å². The Morgan fingerprint density at radius 1 is 1.55 bits per heavy atom. The largest absolute Gasteiger partial charge is 0.397 e. The molecule has 0 aromatic carbocycles. The standard InChI is InChI=1S/C8H11N3/c1-3-6-5(2)7(9)4-11-8(6)10/h3-4H,1,9H2,2H3,(H2,10,11). The van der Waals surface area contributed by atoms with Crippen molar-refractivity contribution in [3.05, 3.63) is 23.9 Å². The highest BCUT2D eigenvalue weighted by Crippen LogP contribution is 2.19. The van der Waals surface area contributed by atoms with Crippen molar-refractivity contribution in [2.75, 3.05) is 11.5 Å². The normalized spacial score (nSPS) is 9.55. The molecule has 0 saturated carbocycles. The molecule has 0 spiro atoms. The zero-order valence-corrected chi connectivity index (χ0v) is 6.46. The monoisotopic (exact) mass is 149 g/mol. The molecule has 4 N–H and O–H groups in total. The zero-order chi connectivity index (χ0) is 8.43. The summed E-state index contributed by atoms with van der Waals surface area (Å²) < 4.78 is 0. The fourth-order valence-electron chi connectivity index (χ4n) is 0.911. The van der Waals surface area contributed by atoms with Gasteiger partial charge >= 0.3 is 0 Å². The van der Waals surface area contributed by atoms with E-state index in [9.17, 15) is 0 Å². The molecule has 1 aromatic heterocycles. The second kappa shape index (κ2) is 2.62. The van der Waals surface area contributed by atoms with Gasteiger partial charge in [0.15, 0.2) is 0 Å². The lowest BCUT2D eigenvalue weighted by Gasteiger charge is -2.05. The third-order valence-corrected chi connectivity index (χ3v) is 1.66. The number of aromatic nitrogens is 1. The number of anilines is 2. The van der Waals surface area contributed by atoms with Gasteiger partial charge in [-0.05, 0) is 12.5 Å². The second-order valence-electron chi connectivity index (χ2n) is 2.34. The summed E-state index contributed by atoms with van der Waals surface area (Å²) in [5.74, 6) is 0.478. The third-order valence-electron chi connectivity index (χ3n) is 1.66. The number of pyridine rings is 1. The molecule has 58 valence electrons. The van der Waals surface area contributed by atoms with Gasteiger partial charge in [0, 0.05) is 5.56 Å². The number of nitrogen functional groups attached to an aromatic ring is 2. The molecule has 0 unspecified atom stereocenters. The molecule has 3 nitrogen and oxygen atoms in total. The van der Waals surface area contributed by atoms with Crippen LogP contribution >= 0.6 is 0 Å². The summed E-state index contributed by atoms with van der Waals surface area (Å²) in [4.78, 5) is 3.89. The van der Waals surface area contributed by atoms with Crippen LogP contribution in [-0.2, 0) is 0 Å². The fraction of sp³-hybridized carbons (Fsp3) is 0.125. The predicted molar refractivity (Wildman–Crippen MR) is 47.9 cm³/mol. The van der Waals surface area contributed by atoms with Crippen molar-refractivity contribution >= 4 is 17.6 Å². The molecule has 0 atom stereocenters. The Bertz CT molecular complexity index is 292. The van der Waals surface area contributed by atoms with E-state index in [2.05, 4.69) is 11.6 Å². The number of rotatable bonds is 1. The lowest BCUT2D eigenvalue weighted by Crippen LogP contribution is -2.00. The highest BCUT2D eigenvalue weighted by molar-refractivity contribution is 5.68. The van der Waals surface area contributed by atoms with Gasteiger partial charge in [0.25, 0.3) is 0 Å². The first-order valence-electron chi connectivity index (χ1n) is 3.29. The average molecular weight is 149 g/mol. The predicted octanol–water partition coefficient (Wildman–Crippen LogP) is 1.20. The van der Waals surface area contributed by atoms with Crippen molar-refractivity contribution in [3.8, 4) is 0 Å². The molecule has 0 aliphatic carbocycles. The molecule has 1 rings (SSSR count). The molecule has 0 fully saturated rings. The maximum absolute atomic E-state index is 5.60. The van der Waals surface area contributed by atoms with Crippen molar-refractivity contribution in [3.63, 3.8) is 0 Å². The highest BCUT2D eigenvalue weighted by Gasteiger charge is 2.02. The molecular formula is C8H11N3. The van der Waals surface area contributed by atoms with Gasteiger partial charge in [-0.25, -0.2) is 4.98 Å². The topological polar surface area (TPSA) is 64.9 Å². The van der Waals surface area contributed by atoms with Crippen molar-refractivity contribution in [2.45, 2.75) is 6.92 Å². The smallest absolute Gasteiger partial charge is 0.131 e. The maximum atomic E-state index is 5.60. The first-order chi connectivity index (χ1) is 5.16. The van der Waals surface area contributed by atoms with E-state index in [0.29, 0.717) is 11.5 Å². The molecule has 0 aliphatic heterocycles. The summed E-state index contributed by atoms with van der Waals surface area (Å²) >= 11 is 0. The second-order valence-corrected chi connectivity index (χ2v) is 2.34. The van der Waals surface area contributed by atoms with E-state index in [1.807, 2.05) is 6.92 Å². The number of hydrogen-bond acceptors (Lipinski definition) is 3. The zero-order valence-electron chi connectivity index (χ0n) is 6.46. The van der Waals surface area contributed by atoms with Gasteiger partial charge in [0.05, 0.1) is 11.9 Å². The first-order valence-corrected chi connectivity index (χ1v) is 3.29. The third kappa shape index (κ3) is 1.17. The van der Waals surface area contributed by atoms with E-state index in [4.69, 9.17) is 11.5 Å². The Labute approximate surface area is 65.7 Å². The quantitative estimate of drug-likeness (QED) is 0.630. The molecule has 0 amide bonds. The number of nitrogens with two attached hydrogens (primary N) is 2. The van der Waals surface area contributed by atoms with Gasteiger partial charge in [-0.1, -0.05) is 12.7 Å². The Balaban J connectivity index is 3.40. The molecule has 0 saturated heterocycles. The number of nitrogens with zero attached hydrogens (tertiary/aromatic N) is 1. The molecule has 0 aliphatic rings. The summed E-state index contributed by atoms with van der Waals surface area (Å²) in [6, 6.07) is 0. The van der Waals surface area contributed by atoms with Crippen molar-refractivity contribution in [1.82, 2.24) is 4.98 Å². The fourth-order valence-corrected chi connectivity index (χ4v) is 0.911. The van der Waals surface area contributed by atoms with E-state index >= 15 is 0 Å². The average Bonchev–Trinajstić information content (AvgIpc) is 1.99. The summed E-state index contributed by atoms with van der Waals surface area (Å²) in [7, 11) is 0. The summed E-state index contributed by atoms with van der Waals surface area (Å²) in [5, 5.41) is 0. The minimum atomic E-state index is 0.478. The maximum Gasteiger partial charge on any atom is 0.131 e. The van der Waals surface area contributed by atoms with Crippen LogP contribution < -0.4 is 11.5 Å². The SMILES string of the molecule is C=Cc1c(N)ncc(N)c1C. The molecular weight excluding hydrogens is 138 g/mol. The Hall–Kier alpha value is -1.51. The lowest BCUT2D eigenvalue weighted by molar-refractivity contribution is 1.28. The van der Waals surface area contributed by atoms with E-state index in [1.54, 1.807) is 12.3 Å². The van der Waals surface area contributed by atoms with Gasteiger partial charge in [-0.2, -0.15) is 0 Å². The van der Waals surface area contributed by atoms with Crippen LogP contribution in [0, 0.1) is 6.92 Å². The van der Waals surface area contributed by atoms with Crippen molar-refractivity contribution in [2.24, 2.45) is 0 Å². The Morgan fingerprint density at radius 3 is 2.64 bits per heavy atom. The first kappa shape index (κ1) is 7.60. The van der Waals surface area contributed by atoms with Gasteiger partial charge in [-0.15, -0.1) is 0 Å². The number of hydrogen-bond donors (Lipinski definition) is 2. The van der Waals surface area contributed by atoms with Crippen molar-refractivity contribution in [1.29, 1.82) is 0 Å². The van der Waals surface area contributed by atoms with Gasteiger partial charge in [0.2, 0.25) is 0 Å². The van der Waals surface area contributed by atoms with Gasteiger partial charge in [0.1, 0.15) is 5.82 Å². The minimum Gasteiger partial charge on any atom is -0.397 e. The van der Waals surface area contributed by atoms with E-state index in [0.717, 1.165) is 11.1 Å². The van der Waals surface area contributed by atoms with Crippen LogP contribution in [0.2, 0.25) is 0 Å². The van der Waals surface area contributed by atoms with Crippen LogP contribution in [0.15, 0.2) is 12.8 Å².